The van der Waals surface area contributed by atoms with E-state index in [9.17, 15) is 23.1 Å². The van der Waals surface area contributed by atoms with Crippen molar-refractivity contribution in [1.82, 2.24) is 0 Å². The van der Waals surface area contributed by atoms with Crippen LogP contribution in [0.25, 0.3) is 21.5 Å². The summed E-state index contributed by atoms with van der Waals surface area (Å²) >= 11 is 18.3. The van der Waals surface area contributed by atoms with Crippen LogP contribution in [0.2, 0.25) is 15.1 Å². The lowest BCUT2D eigenvalue weighted by molar-refractivity contribution is -0.0267. The number of halogens is 4. The second-order valence-corrected chi connectivity index (χ2v) is 13.2. The number of hydrogen-bond donors (Lipinski definition) is 1. The predicted molar refractivity (Wildman–Crippen MR) is 182 cm³/mol. The van der Waals surface area contributed by atoms with Crippen molar-refractivity contribution in [2.45, 2.75) is 29.7 Å². The summed E-state index contributed by atoms with van der Waals surface area (Å²) in [7, 11) is -3.77. The molecule has 248 valence electrons. The van der Waals surface area contributed by atoms with Crippen LogP contribution >= 0.6 is 34.8 Å². The van der Waals surface area contributed by atoms with Crippen LogP contribution in [0.1, 0.15) is 26.3 Å². The molecule has 5 aromatic rings. The van der Waals surface area contributed by atoms with E-state index >= 15 is 4.39 Å². The van der Waals surface area contributed by atoms with E-state index in [2.05, 4.69) is 9.99 Å². The van der Waals surface area contributed by atoms with Crippen molar-refractivity contribution in [2.75, 3.05) is 7.11 Å². The van der Waals surface area contributed by atoms with Crippen molar-refractivity contribution in [3.63, 3.8) is 0 Å². The first-order chi connectivity index (χ1) is 22.9. The third kappa shape index (κ3) is 7.72. The average Bonchev–Trinajstić information content (AvgIpc) is 3.06. The molecule has 1 N–H and O–H groups in total. The molecule has 48 heavy (non-hydrogen) atoms. The van der Waals surface area contributed by atoms with Gasteiger partial charge in [0, 0.05) is 6.42 Å². The Morgan fingerprint density at radius 3 is 2.23 bits per heavy atom. The Balaban J connectivity index is 1.66. The first-order valence-electron chi connectivity index (χ1n) is 14.1. The van der Waals surface area contributed by atoms with E-state index in [0.29, 0.717) is 22.4 Å². The van der Waals surface area contributed by atoms with Crippen LogP contribution in [0.3, 0.4) is 0 Å². The molecule has 0 aliphatic carbocycles. The molecule has 0 heterocycles. The highest BCUT2D eigenvalue weighted by Crippen LogP contribution is 2.35. The van der Waals surface area contributed by atoms with Gasteiger partial charge in [-0.3, -0.25) is 4.18 Å². The summed E-state index contributed by atoms with van der Waals surface area (Å²) < 4.78 is 55.0. The number of esters is 1. The molecule has 3 unspecified atom stereocenters. The van der Waals surface area contributed by atoms with Crippen molar-refractivity contribution in [2.24, 2.45) is 5.16 Å². The van der Waals surface area contributed by atoms with E-state index < -0.39 is 51.8 Å². The molecule has 14 heteroatoms. The first kappa shape index (κ1) is 35.1. The predicted octanol–water partition coefficient (Wildman–Crippen LogP) is 8.16. The highest BCUT2D eigenvalue weighted by atomic mass is 35.5. The average molecular weight is 733 g/mol. The highest BCUT2D eigenvalue weighted by Gasteiger charge is 2.39. The topological polar surface area (TPSA) is 129 Å². The highest BCUT2D eigenvalue weighted by molar-refractivity contribution is 7.87. The summed E-state index contributed by atoms with van der Waals surface area (Å²) in [6, 6.07) is 23.5. The molecule has 3 atom stereocenters. The van der Waals surface area contributed by atoms with Gasteiger partial charge in [-0.2, -0.15) is 8.42 Å². The second-order valence-electron chi connectivity index (χ2n) is 10.4. The Kier molecular flexibility index (Phi) is 10.9. The zero-order valence-electron chi connectivity index (χ0n) is 24.8. The molecule has 0 aromatic heterocycles. The molecule has 0 bridgehead atoms. The Bertz CT molecular complexity index is 2160. The van der Waals surface area contributed by atoms with Crippen molar-refractivity contribution >= 4 is 84.6 Å². The van der Waals surface area contributed by atoms with Gasteiger partial charge in [0.2, 0.25) is 0 Å². The minimum absolute atomic E-state index is 0.0279. The van der Waals surface area contributed by atoms with Gasteiger partial charge in [-0.15, -0.1) is 0 Å². The van der Waals surface area contributed by atoms with Crippen molar-refractivity contribution in [3.8, 4) is 0 Å². The lowest BCUT2D eigenvalue weighted by Gasteiger charge is -2.29. The molecule has 5 rings (SSSR count). The number of alkyl halides is 1. The minimum atomic E-state index is -4.92. The molecular weight excluding hydrogens is 708 g/mol. The zero-order valence-corrected chi connectivity index (χ0v) is 27.9. The van der Waals surface area contributed by atoms with Crippen LogP contribution in [-0.2, 0) is 30.3 Å². The maximum atomic E-state index is 16.1. The molecule has 0 amide bonds. The maximum absolute atomic E-state index is 16.1. The summed E-state index contributed by atoms with van der Waals surface area (Å²) in [5.41, 5.74) is -0.100. The van der Waals surface area contributed by atoms with Gasteiger partial charge in [-0.05, 0) is 57.4 Å². The molecule has 9 nitrogen and oxygen atoms in total. The SMILES string of the molecule is CON=CC(F)C(OC(=O)c1ccc2ccccc2c1)C(Cc1c(C(=O)O)ccc2ccccc12)OS(=O)(=O)c1cc(Cl)c(Cl)cc1Cl. The van der Waals surface area contributed by atoms with Crippen molar-refractivity contribution < 1.29 is 41.3 Å². The Hall–Kier alpha value is -4.26. The van der Waals surface area contributed by atoms with E-state index in [0.717, 1.165) is 24.6 Å². The second kappa shape index (κ2) is 14.9. The number of hydrogen-bond acceptors (Lipinski definition) is 8. The molecular formula is C34H25Cl3FNO8S. The number of carboxylic acid groups (broad SMARTS) is 1. The van der Waals surface area contributed by atoms with Gasteiger partial charge in [0.25, 0.3) is 10.1 Å². The normalized spacial score (nSPS) is 13.8. The molecule has 0 spiro atoms. The fourth-order valence-electron chi connectivity index (χ4n) is 5.13. The van der Waals surface area contributed by atoms with E-state index in [1.54, 1.807) is 48.5 Å². The van der Waals surface area contributed by atoms with Gasteiger partial charge >= 0.3 is 11.9 Å². The summed E-state index contributed by atoms with van der Waals surface area (Å²) in [6.07, 6.45) is -6.15. The number of ether oxygens (including phenoxy) is 1. The van der Waals surface area contributed by atoms with Crippen LogP contribution in [-0.4, -0.2) is 57.2 Å². The minimum Gasteiger partial charge on any atom is -0.478 e. The monoisotopic (exact) mass is 731 g/mol. The van der Waals surface area contributed by atoms with Gasteiger partial charge < -0.3 is 14.7 Å². The zero-order chi connectivity index (χ0) is 34.6. The molecule has 0 saturated heterocycles. The quantitative estimate of drug-likeness (QED) is 0.0448. The van der Waals surface area contributed by atoms with Crippen LogP contribution in [0.15, 0.2) is 101 Å². The Morgan fingerprint density at radius 1 is 0.875 bits per heavy atom. The third-order valence-corrected chi connectivity index (χ3v) is 9.91. The number of carbonyl (C=O) groups excluding carboxylic acids is 1. The number of carboxylic acids is 1. The first-order valence-corrected chi connectivity index (χ1v) is 16.7. The molecule has 0 aliphatic heterocycles. The summed E-state index contributed by atoms with van der Waals surface area (Å²) in [5, 5.41) is 15.5. The molecule has 0 aliphatic rings. The summed E-state index contributed by atoms with van der Waals surface area (Å²) in [5.74, 6) is -2.36. The maximum Gasteiger partial charge on any atom is 0.338 e. The van der Waals surface area contributed by atoms with E-state index in [1.807, 2.05) is 12.1 Å². The van der Waals surface area contributed by atoms with Crippen LogP contribution in [0.4, 0.5) is 4.39 Å². The molecule has 0 saturated carbocycles. The lowest BCUT2D eigenvalue weighted by atomic mass is 9.92. The van der Waals surface area contributed by atoms with Crippen LogP contribution in [0.5, 0.6) is 0 Å². The van der Waals surface area contributed by atoms with E-state index in [-0.39, 0.29) is 31.8 Å². The lowest BCUT2D eigenvalue weighted by Crippen LogP contribution is -2.44. The number of oxime groups is 1. The Morgan fingerprint density at radius 2 is 1.52 bits per heavy atom. The molecule has 5 aromatic carbocycles. The van der Waals surface area contributed by atoms with Crippen LogP contribution in [0, 0.1) is 0 Å². The van der Waals surface area contributed by atoms with Gasteiger partial charge in [0.05, 0.1) is 32.4 Å². The van der Waals surface area contributed by atoms with Gasteiger partial charge in [-0.1, -0.05) is 101 Å². The van der Waals surface area contributed by atoms with Gasteiger partial charge in [0.1, 0.15) is 18.1 Å². The molecule has 0 radical (unpaired) electrons. The largest absolute Gasteiger partial charge is 0.478 e. The van der Waals surface area contributed by atoms with Crippen molar-refractivity contribution in [3.05, 3.63) is 123 Å². The fourth-order valence-corrected chi connectivity index (χ4v) is 7.19. The van der Waals surface area contributed by atoms with Crippen LogP contribution < -0.4 is 0 Å². The molecule has 0 fully saturated rings. The number of rotatable bonds is 12. The summed E-state index contributed by atoms with van der Waals surface area (Å²) in [4.78, 5) is 30.0. The van der Waals surface area contributed by atoms with E-state index in [1.165, 1.54) is 18.2 Å². The van der Waals surface area contributed by atoms with E-state index in [4.69, 9.17) is 43.7 Å². The van der Waals surface area contributed by atoms with Crippen molar-refractivity contribution in [1.29, 1.82) is 0 Å². The van der Waals surface area contributed by atoms with Gasteiger partial charge in [-0.25, -0.2) is 14.0 Å². The fraction of sp³-hybridized carbons (Fsp3) is 0.147. The van der Waals surface area contributed by atoms with Gasteiger partial charge in [0.15, 0.2) is 12.3 Å². The smallest absolute Gasteiger partial charge is 0.338 e. The number of benzene rings is 5. The Labute approximate surface area is 289 Å². The number of carbonyl (C=O) groups is 2. The third-order valence-electron chi connectivity index (χ3n) is 7.39. The number of fused-ring (bicyclic) bond motifs is 2. The number of nitrogens with zero attached hydrogens (tertiary/aromatic N) is 1. The standard InChI is InChI=1S/C34H25Cl3FNO8S/c1-45-39-18-29(38)32(46-34(42)22-11-10-19-6-2-3-8-21(19)14-22)30(47-48(43,44)31-17-27(36)26(35)16-28(31)37)15-25-23-9-5-4-7-20(23)12-13-24(25)33(40)41/h2-14,16-18,29-30,32H,15H2,1H3,(H,40,41). The summed E-state index contributed by atoms with van der Waals surface area (Å²) in [6.45, 7) is 0. The number of aromatic carboxylic acids is 1.